The maximum atomic E-state index is 11.9. The van der Waals surface area contributed by atoms with Crippen molar-refractivity contribution < 1.29 is 4.79 Å². The number of nitrogens with one attached hydrogen (secondary N) is 1. The molecule has 3 N–H and O–H groups in total. The second-order valence-corrected chi connectivity index (χ2v) is 6.00. The molecule has 1 heterocycles. The first-order chi connectivity index (χ1) is 8.65. The number of anilines is 1. The van der Waals surface area contributed by atoms with Gasteiger partial charge < -0.3 is 11.1 Å². The quantitative estimate of drug-likeness (QED) is 0.880. The summed E-state index contributed by atoms with van der Waals surface area (Å²) in [6, 6.07) is 0.272. The van der Waals surface area contributed by atoms with E-state index in [-0.39, 0.29) is 11.9 Å². The van der Waals surface area contributed by atoms with Crippen molar-refractivity contribution >= 4 is 22.4 Å². The van der Waals surface area contributed by atoms with Crippen molar-refractivity contribution in [1.82, 2.24) is 10.3 Å². The number of nitrogens with two attached hydrogens (primary N) is 1. The molecule has 0 bridgehead atoms. The number of thiazole rings is 1. The molecule has 100 valence electrons. The van der Waals surface area contributed by atoms with Gasteiger partial charge in [0.15, 0.2) is 5.13 Å². The minimum Gasteiger partial charge on any atom is -0.375 e. The Bertz CT molecular complexity index is 399. The Kier molecular flexibility index (Phi) is 4.58. The van der Waals surface area contributed by atoms with Gasteiger partial charge in [-0.05, 0) is 25.7 Å². The van der Waals surface area contributed by atoms with E-state index >= 15 is 0 Å². The number of hydrogen-bond donors (Lipinski definition) is 2. The predicted octanol–water partition coefficient (Wildman–Crippen LogP) is 2.35. The number of amides is 1. The summed E-state index contributed by atoms with van der Waals surface area (Å²) in [4.78, 5) is 16.0. The highest BCUT2D eigenvalue weighted by Gasteiger charge is 2.21. The van der Waals surface area contributed by atoms with Gasteiger partial charge in [-0.15, -0.1) is 11.3 Å². The molecular weight excluding hydrogens is 246 g/mol. The van der Waals surface area contributed by atoms with Crippen molar-refractivity contribution in [3.8, 4) is 0 Å². The molecule has 5 heteroatoms. The lowest BCUT2D eigenvalue weighted by atomic mass is 9.84. The molecule has 2 rings (SSSR count). The molecule has 1 fully saturated rings. The minimum atomic E-state index is 0.0540. The van der Waals surface area contributed by atoms with Crippen LogP contribution in [0.5, 0.6) is 0 Å². The first-order valence-electron chi connectivity index (χ1n) is 6.64. The highest BCUT2D eigenvalue weighted by Crippen LogP contribution is 2.26. The van der Waals surface area contributed by atoms with Crippen LogP contribution in [0.1, 0.15) is 44.7 Å². The Morgan fingerprint density at radius 3 is 2.89 bits per heavy atom. The van der Waals surface area contributed by atoms with Crippen molar-refractivity contribution in [2.24, 2.45) is 5.92 Å². The Morgan fingerprint density at radius 2 is 2.28 bits per heavy atom. The van der Waals surface area contributed by atoms with E-state index in [9.17, 15) is 4.79 Å². The van der Waals surface area contributed by atoms with Crippen molar-refractivity contribution in [2.75, 3.05) is 5.73 Å². The lowest BCUT2D eigenvalue weighted by Crippen LogP contribution is -2.39. The van der Waals surface area contributed by atoms with E-state index < -0.39 is 0 Å². The number of carbonyl (C=O) groups excluding carboxylic acids is 1. The zero-order valence-corrected chi connectivity index (χ0v) is 11.6. The van der Waals surface area contributed by atoms with Gasteiger partial charge in [0.05, 0.1) is 12.1 Å². The number of carbonyl (C=O) groups is 1. The third kappa shape index (κ3) is 3.70. The van der Waals surface area contributed by atoms with Crippen LogP contribution in [0.4, 0.5) is 5.13 Å². The van der Waals surface area contributed by atoms with Crippen LogP contribution >= 0.6 is 11.3 Å². The van der Waals surface area contributed by atoms with E-state index in [4.69, 9.17) is 5.73 Å². The lowest BCUT2D eigenvalue weighted by molar-refractivity contribution is -0.121. The fraction of sp³-hybridized carbons (Fsp3) is 0.692. The number of rotatable bonds is 4. The Hall–Kier alpha value is -1.10. The molecule has 1 atom stereocenters. The molecule has 1 aliphatic carbocycles. The number of hydrogen-bond acceptors (Lipinski definition) is 4. The van der Waals surface area contributed by atoms with Crippen LogP contribution < -0.4 is 11.1 Å². The van der Waals surface area contributed by atoms with Crippen molar-refractivity contribution in [3.05, 3.63) is 11.1 Å². The number of aromatic nitrogens is 1. The molecule has 0 spiro atoms. The first kappa shape index (κ1) is 13.3. The number of nitrogen functional groups attached to an aromatic ring is 1. The summed E-state index contributed by atoms with van der Waals surface area (Å²) in [7, 11) is 0. The third-order valence-electron chi connectivity index (χ3n) is 3.66. The largest absolute Gasteiger partial charge is 0.375 e. The summed E-state index contributed by atoms with van der Waals surface area (Å²) in [6.07, 6.45) is 6.76. The SMILES string of the molecule is C[C@@H](NC(=O)Cc1csc(N)n1)C1CCCCC1. The van der Waals surface area contributed by atoms with Crippen LogP contribution in [0.15, 0.2) is 5.38 Å². The molecule has 0 unspecified atom stereocenters. The molecule has 1 aliphatic rings. The molecule has 4 nitrogen and oxygen atoms in total. The van der Waals surface area contributed by atoms with Crippen LogP contribution in [0, 0.1) is 5.92 Å². The van der Waals surface area contributed by atoms with Crippen molar-refractivity contribution in [2.45, 2.75) is 51.5 Å². The van der Waals surface area contributed by atoms with Gasteiger partial charge in [-0.3, -0.25) is 4.79 Å². The molecule has 1 amide bonds. The fourth-order valence-corrected chi connectivity index (χ4v) is 3.19. The zero-order valence-electron chi connectivity index (χ0n) is 10.8. The minimum absolute atomic E-state index is 0.0540. The molecule has 0 saturated heterocycles. The van der Waals surface area contributed by atoms with Crippen molar-refractivity contribution in [3.63, 3.8) is 0 Å². The van der Waals surface area contributed by atoms with Gasteiger partial charge in [0.1, 0.15) is 0 Å². The summed E-state index contributed by atoms with van der Waals surface area (Å²) < 4.78 is 0. The Balaban J connectivity index is 1.79. The van der Waals surface area contributed by atoms with E-state index in [1.807, 2.05) is 5.38 Å². The van der Waals surface area contributed by atoms with Crippen LogP contribution in [0.2, 0.25) is 0 Å². The smallest absolute Gasteiger partial charge is 0.226 e. The molecule has 1 aromatic heterocycles. The van der Waals surface area contributed by atoms with E-state index in [2.05, 4.69) is 17.2 Å². The molecule has 0 aromatic carbocycles. The summed E-state index contributed by atoms with van der Waals surface area (Å²) >= 11 is 1.38. The second-order valence-electron chi connectivity index (χ2n) is 5.11. The van der Waals surface area contributed by atoms with Crippen LogP contribution in [-0.4, -0.2) is 16.9 Å². The van der Waals surface area contributed by atoms with Gasteiger partial charge in [-0.25, -0.2) is 4.98 Å². The van der Waals surface area contributed by atoms with Crippen LogP contribution in [0.25, 0.3) is 0 Å². The predicted molar refractivity (Wildman–Crippen MR) is 74.4 cm³/mol. The summed E-state index contributed by atoms with van der Waals surface area (Å²) in [5.74, 6) is 0.696. The van der Waals surface area contributed by atoms with Gasteiger partial charge in [-0.1, -0.05) is 19.3 Å². The standard InChI is InChI=1S/C13H21N3OS/c1-9(10-5-3-2-4-6-10)15-12(17)7-11-8-18-13(14)16-11/h8-10H,2-7H2,1H3,(H2,14,16)(H,15,17)/t9-/m1/s1. The summed E-state index contributed by atoms with van der Waals surface area (Å²) in [6.45, 7) is 2.11. The molecular formula is C13H21N3OS. The monoisotopic (exact) mass is 267 g/mol. The zero-order chi connectivity index (χ0) is 13.0. The summed E-state index contributed by atoms with van der Waals surface area (Å²) in [5.41, 5.74) is 6.32. The van der Waals surface area contributed by atoms with E-state index in [0.29, 0.717) is 17.5 Å². The maximum absolute atomic E-state index is 11.9. The first-order valence-corrected chi connectivity index (χ1v) is 7.52. The fourth-order valence-electron chi connectivity index (χ4n) is 2.63. The third-order valence-corrected chi connectivity index (χ3v) is 4.38. The highest BCUT2D eigenvalue weighted by atomic mass is 32.1. The number of nitrogens with zero attached hydrogens (tertiary/aromatic N) is 1. The van der Waals surface area contributed by atoms with Gasteiger partial charge in [0.2, 0.25) is 5.91 Å². The van der Waals surface area contributed by atoms with E-state index in [1.54, 1.807) is 0 Å². The normalized spacial score (nSPS) is 18.5. The van der Waals surface area contributed by atoms with E-state index in [0.717, 1.165) is 5.69 Å². The molecule has 0 radical (unpaired) electrons. The van der Waals surface area contributed by atoms with Gasteiger partial charge >= 0.3 is 0 Å². The van der Waals surface area contributed by atoms with Gasteiger partial charge in [0.25, 0.3) is 0 Å². The van der Waals surface area contributed by atoms with Crippen LogP contribution in [-0.2, 0) is 11.2 Å². The van der Waals surface area contributed by atoms with Gasteiger partial charge in [-0.2, -0.15) is 0 Å². The molecule has 0 aliphatic heterocycles. The van der Waals surface area contributed by atoms with Crippen LogP contribution in [0.3, 0.4) is 0 Å². The topological polar surface area (TPSA) is 68.0 Å². The highest BCUT2D eigenvalue weighted by molar-refractivity contribution is 7.13. The summed E-state index contributed by atoms with van der Waals surface area (Å²) in [5, 5.41) is 5.47. The molecule has 1 saturated carbocycles. The molecule has 1 aromatic rings. The van der Waals surface area contributed by atoms with Crippen molar-refractivity contribution in [1.29, 1.82) is 0 Å². The average molecular weight is 267 g/mol. The Labute approximate surface area is 112 Å². The lowest BCUT2D eigenvalue weighted by Gasteiger charge is -2.28. The maximum Gasteiger partial charge on any atom is 0.226 e. The Morgan fingerprint density at radius 1 is 1.56 bits per heavy atom. The second kappa shape index (κ2) is 6.18. The molecule has 18 heavy (non-hydrogen) atoms. The van der Waals surface area contributed by atoms with Gasteiger partial charge in [0, 0.05) is 11.4 Å². The van der Waals surface area contributed by atoms with E-state index in [1.165, 1.54) is 43.4 Å². The average Bonchev–Trinajstić information content (AvgIpc) is 2.75.